The van der Waals surface area contributed by atoms with Crippen molar-refractivity contribution in [1.29, 1.82) is 0 Å². The van der Waals surface area contributed by atoms with Gasteiger partial charge in [0.05, 0.1) is 12.7 Å². The molecule has 0 spiro atoms. The molecule has 3 nitrogen and oxygen atoms in total. The number of hydrogen-bond donors (Lipinski definition) is 1. The number of methoxy groups -OCH3 is 1. The van der Waals surface area contributed by atoms with Crippen LogP contribution < -0.4 is 0 Å². The molecule has 66 valence electrons. The van der Waals surface area contributed by atoms with Crippen LogP contribution in [0.2, 0.25) is 0 Å². The average Bonchev–Trinajstić information content (AvgIpc) is 2.08. The molecule has 0 bridgehead atoms. The van der Waals surface area contributed by atoms with E-state index in [0.717, 1.165) is 0 Å². The Morgan fingerprint density at radius 3 is 2.92 bits per heavy atom. The third kappa shape index (κ3) is 1.65. The molecule has 0 saturated carbocycles. The van der Waals surface area contributed by atoms with E-state index >= 15 is 0 Å². The van der Waals surface area contributed by atoms with Gasteiger partial charge in [-0.05, 0) is 29.2 Å². The minimum atomic E-state index is -0.920. The second kappa shape index (κ2) is 3.69. The molecule has 0 amide bonds. The highest BCUT2D eigenvalue weighted by Crippen LogP contribution is 2.21. The van der Waals surface area contributed by atoms with Crippen LogP contribution in [0.3, 0.4) is 0 Å². The molecule has 12 heavy (non-hydrogen) atoms. The second-order valence-corrected chi connectivity index (χ2v) is 3.78. The van der Waals surface area contributed by atoms with Gasteiger partial charge in [0.25, 0.3) is 0 Å². The number of rotatable bonds is 1. The standard InChI is InChI=1S/C8H10O3S/c1-6-7(8(9)11-2)4-3-5-12(6)10/h3-5,10H,1-2H3. The molecule has 1 unspecified atom stereocenters. The lowest BCUT2D eigenvalue weighted by Crippen LogP contribution is -2.12. The highest BCUT2D eigenvalue weighted by atomic mass is 32.2. The average molecular weight is 186 g/mol. The lowest BCUT2D eigenvalue weighted by Gasteiger charge is -2.09. The number of hydrogen-bond acceptors (Lipinski definition) is 3. The summed E-state index contributed by atoms with van der Waals surface area (Å²) in [7, 11) is 0.403. The Labute approximate surface area is 73.5 Å². The molecule has 1 atom stereocenters. The zero-order valence-corrected chi connectivity index (χ0v) is 7.72. The summed E-state index contributed by atoms with van der Waals surface area (Å²) in [6, 6.07) is 0. The van der Waals surface area contributed by atoms with Crippen molar-refractivity contribution in [3.8, 4) is 0 Å². The molecule has 0 radical (unpaired) electrons. The van der Waals surface area contributed by atoms with Crippen molar-refractivity contribution in [2.45, 2.75) is 6.92 Å². The van der Waals surface area contributed by atoms with Gasteiger partial charge in [0, 0.05) is 4.86 Å². The van der Waals surface area contributed by atoms with Crippen molar-refractivity contribution in [3.05, 3.63) is 23.1 Å². The minimum Gasteiger partial charge on any atom is -0.465 e. The van der Waals surface area contributed by atoms with Gasteiger partial charge in [-0.2, -0.15) is 0 Å². The maximum atomic E-state index is 11.1. The predicted molar refractivity (Wildman–Crippen MR) is 50.1 cm³/mol. The third-order valence-electron chi connectivity index (χ3n) is 1.57. The van der Waals surface area contributed by atoms with Crippen LogP contribution in [0, 0.1) is 0 Å². The van der Waals surface area contributed by atoms with Gasteiger partial charge in [-0.15, -0.1) is 0 Å². The van der Waals surface area contributed by atoms with E-state index in [-0.39, 0.29) is 0 Å². The molecule has 1 N–H and O–H groups in total. The zero-order valence-electron chi connectivity index (χ0n) is 6.90. The third-order valence-corrected chi connectivity index (χ3v) is 2.83. The van der Waals surface area contributed by atoms with Crippen LogP contribution in [0.15, 0.2) is 23.1 Å². The molecule has 0 aromatic heterocycles. The maximum Gasteiger partial charge on any atom is 0.338 e. The van der Waals surface area contributed by atoms with Gasteiger partial charge in [0.1, 0.15) is 0 Å². The summed E-state index contributed by atoms with van der Waals surface area (Å²) >= 11 is 0. The van der Waals surface area contributed by atoms with E-state index in [1.165, 1.54) is 7.11 Å². The Kier molecular flexibility index (Phi) is 2.83. The van der Waals surface area contributed by atoms with Crippen LogP contribution in [0.1, 0.15) is 6.92 Å². The van der Waals surface area contributed by atoms with Gasteiger partial charge in [0.2, 0.25) is 0 Å². The van der Waals surface area contributed by atoms with Crippen LogP contribution in [0.25, 0.3) is 0 Å². The smallest absolute Gasteiger partial charge is 0.338 e. The maximum absolute atomic E-state index is 11.1. The normalized spacial score (nSPS) is 22.1. The van der Waals surface area contributed by atoms with E-state index in [4.69, 9.17) is 0 Å². The molecule has 0 aromatic carbocycles. The van der Waals surface area contributed by atoms with Crippen LogP contribution in [0.4, 0.5) is 0 Å². The topological polar surface area (TPSA) is 46.5 Å². The summed E-state index contributed by atoms with van der Waals surface area (Å²) < 4.78 is 13.9. The largest absolute Gasteiger partial charge is 0.465 e. The number of allylic oxidation sites excluding steroid dienone is 2. The molecule has 0 saturated heterocycles. The fraction of sp³-hybridized carbons (Fsp3) is 0.250. The predicted octanol–water partition coefficient (Wildman–Crippen LogP) is 1.55. The second-order valence-electron chi connectivity index (χ2n) is 2.27. The molecule has 1 heterocycles. The minimum absolute atomic E-state index is 0.400. The molecule has 0 aliphatic carbocycles. The first kappa shape index (κ1) is 9.22. The molecule has 1 rings (SSSR count). The number of carbonyl (C=O) groups excluding carboxylic acids is 1. The highest BCUT2D eigenvalue weighted by molar-refractivity contribution is 8.14. The van der Waals surface area contributed by atoms with E-state index in [1.807, 2.05) is 0 Å². The van der Waals surface area contributed by atoms with Crippen molar-refractivity contribution < 1.29 is 14.1 Å². The molecule has 1 aliphatic heterocycles. The van der Waals surface area contributed by atoms with E-state index in [1.54, 1.807) is 24.5 Å². The monoisotopic (exact) mass is 186 g/mol. The van der Waals surface area contributed by atoms with E-state index in [2.05, 4.69) is 4.74 Å². The van der Waals surface area contributed by atoms with Crippen molar-refractivity contribution in [2.75, 3.05) is 7.11 Å². The van der Waals surface area contributed by atoms with Crippen LogP contribution >= 0.6 is 10.8 Å². The Bertz CT molecular complexity index is 299. The Morgan fingerprint density at radius 1 is 1.67 bits per heavy atom. The Balaban J connectivity index is 3.02. The van der Waals surface area contributed by atoms with Gasteiger partial charge in [-0.3, -0.25) is 0 Å². The number of esters is 1. The van der Waals surface area contributed by atoms with Crippen LogP contribution in [0.5, 0.6) is 0 Å². The lowest BCUT2D eigenvalue weighted by atomic mass is 10.2. The van der Waals surface area contributed by atoms with Crippen molar-refractivity contribution in [2.24, 2.45) is 0 Å². The lowest BCUT2D eigenvalue weighted by molar-refractivity contribution is -0.135. The van der Waals surface area contributed by atoms with Gasteiger partial charge in [-0.1, -0.05) is 6.08 Å². The Morgan fingerprint density at radius 2 is 2.33 bits per heavy atom. The molecule has 1 aliphatic rings. The van der Waals surface area contributed by atoms with Gasteiger partial charge >= 0.3 is 5.97 Å². The summed E-state index contributed by atoms with van der Waals surface area (Å²) in [6.07, 6.45) is 3.29. The van der Waals surface area contributed by atoms with Crippen LogP contribution in [-0.2, 0) is 9.53 Å². The molecule has 0 aromatic rings. The fourth-order valence-corrected chi connectivity index (χ4v) is 1.67. The number of ether oxygens (including phenoxy) is 1. The SMILES string of the molecule is COC(=O)C1=CC=CS(O)=C1C. The van der Waals surface area contributed by atoms with E-state index in [0.29, 0.717) is 10.4 Å². The fourth-order valence-electron chi connectivity index (χ4n) is 0.864. The van der Waals surface area contributed by atoms with Crippen LogP contribution in [-0.4, -0.2) is 22.5 Å². The first-order chi connectivity index (χ1) is 5.66. The summed E-state index contributed by atoms with van der Waals surface area (Å²) in [5.41, 5.74) is 0.450. The summed E-state index contributed by atoms with van der Waals surface area (Å²) in [6.45, 7) is 1.72. The zero-order chi connectivity index (χ0) is 9.14. The summed E-state index contributed by atoms with van der Waals surface area (Å²) in [4.78, 5) is 11.7. The van der Waals surface area contributed by atoms with Gasteiger partial charge < -0.3 is 9.29 Å². The summed E-state index contributed by atoms with van der Waals surface area (Å²) in [5.74, 6) is -0.400. The molecule has 0 fully saturated rings. The van der Waals surface area contributed by atoms with Crippen molar-refractivity contribution in [1.82, 2.24) is 0 Å². The van der Waals surface area contributed by atoms with E-state index < -0.39 is 16.7 Å². The van der Waals surface area contributed by atoms with E-state index in [9.17, 15) is 9.35 Å². The first-order valence-electron chi connectivity index (χ1n) is 3.39. The van der Waals surface area contributed by atoms with Gasteiger partial charge in [0.15, 0.2) is 0 Å². The van der Waals surface area contributed by atoms with Gasteiger partial charge in [-0.25, -0.2) is 4.79 Å². The summed E-state index contributed by atoms with van der Waals surface area (Å²) in [5, 5.41) is 1.64. The Hall–Kier alpha value is -0.870. The quantitative estimate of drug-likeness (QED) is 0.499. The molecular formula is C8H10O3S. The van der Waals surface area contributed by atoms with Crippen molar-refractivity contribution >= 4 is 21.6 Å². The molecule has 4 heteroatoms. The highest BCUT2D eigenvalue weighted by Gasteiger charge is 2.14. The first-order valence-corrected chi connectivity index (χ1v) is 4.64. The van der Waals surface area contributed by atoms with Crippen molar-refractivity contribution in [3.63, 3.8) is 0 Å². The number of carbonyl (C=O) groups is 1. The molecular weight excluding hydrogens is 176 g/mol.